The van der Waals surface area contributed by atoms with E-state index in [4.69, 9.17) is 4.74 Å². The predicted octanol–water partition coefficient (Wildman–Crippen LogP) is 2.68. The Bertz CT molecular complexity index is 376. The minimum absolute atomic E-state index is 0.0990. The van der Waals surface area contributed by atoms with Crippen LogP contribution in [-0.2, 0) is 4.79 Å². The summed E-state index contributed by atoms with van der Waals surface area (Å²) in [5.41, 5.74) is 0.936. The molecule has 0 aliphatic rings. The highest BCUT2D eigenvalue weighted by molar-refractivity contribution is 5.81. The van der Waals surface area contributed by atoms with Crippen LogP contribution in [0.25, 0.3) is 0 Å². The molecule has 0 fully saturated rings. The van der Waals surface area contributed by atoms with Gasteiger partial charge < -0.3 is 10.1 Å². The van der Waals surface area contributed by atoms with E-state index in [1.807, 2.05) is 52.0 Å². The lowest BCUT2D eigenvalue weighted by Gasteiger charge is -2.23. The molecule has 0 aromatic heterocycles. The van der Waals surface area contributed by atoms with Crippen molar-refractivity contribution in [1.82, 2.24) is 5.32 Å². The molecule has 0 spiro atoms. The van der Waals surface area contributed by atoms with Crippen molar-refractivity contribution in [2.24, 2.45) is 0 Å². The summed E-state index contributed by atoms with van der Waals surface area (Å²) >= 11 is 0. The Morgan fingerprint density at radius 3 is 2.24 bits per heavy atom. The molecule has 1 atom stereocenters. The smallest absolute Gasteiger partial charge is 0.261 e. The van der Waals surface area contributed by atoms with E-state index in [-0.39, 0.29) is 11.4 Å². The van der Waals surface area contributed by atoms with Gasteiger partial charge in [0.2, 0.25) is 0 Å². The summed E-state index contributed by atoms with van der Waals surface area (Å²) < 4.78 is 5.56. The third-order valence-electron chi connectivity index (χ3n) is 2.20. The Morgan fingerprint density at radius 2 is 1.76 bits per heavy atom. The van der Waals surface area contributed by atoms with Crippen molar-refractivity contribution in [3.05, 3.63) is 29.8 Å². The second kappa shape index (κ2) is 5.21. The molecular weight excluding hydrogens is 214 g/mol. The van der Waals surface area contributed by atoms with Crippen molar-refractivity contribution in [2.75, 3.05) is 0 Å². The Morgan fingerprint density at radius 1 is 1.24 bits per heavy atom. The van der Waals surface area contributed by atoms with Gasteiger partial charge in [-0.05, 0) is 46.8 Å². The summed E-state index contributed by atoms with van der Waals surface area (Å²) in [7, 11) is 0. The first kappa shape index (κ1) is 13.6. The highest BCUT2D eigenvalue weighted by Gasteiger charge is 2.20. The van der Waals surface area contributed by atoms with Gasteiger partial charge in [0.05, 0.1) is 0 Å². The number of amides is 1. The highest BCUT2D eigenvalue weighted by Crippen LogP contribution is 2.13. The maximum Gasteiger partial charge on any atom is 0.261 e. The number of carbonyl (C=O) groups excluding carboxylic acids is 1. The van der Waals surface area contributed by atoms with Crippen LogP contribution in [-0.4, -0.2) is 17.6 Å². The van der Waals surface area contributed by atoms with Crippen molar-refractivity contribution < 1.29 is 9.53 Å². The van der Waals surface area contributed by atoms with E-state index >= 15 is 0 Å². The van der Waals surface area contributed by atoms with E-state index in [1.54, 1.807) is 6.92 Å². The molecule has 3 heteroatoms. The Hall–Kier alpha value is -1.51. The van der Waals surface area contributed by atoms with Crippen molar-refractivity contribution in [2.45, 2.75) is 46.3 Å². The average molecular weight is 235 g/mol. The van der Waals surface area contributed by atoms with Crippen LogP contribution in [0.1, 0.15) is 33.3 Å². The van der Waals surface area contributed by atoms with Gasteiger partial charge in [0.25, 0.3) is 5.91 Å². The van der Waals surface area contributed by atoms with Crippen LogP contribution >= 0.6 is 0 Å². The zero-order valence-electron chi connectivity index (χ0n) is 11.2. The Labute approximate surface area is 103 Å². The third kappa shape index (κ3) is 4.89. The molecule has 0 aliphatic heterocycles. The summed E-state index contributed by atoms with van der Waals surface area (Å²) in [6, 6.07) is 7.67. The van der Waals surface area contributed by atoms with Gasteiger partial charge >= 0.3 is 0 Å². The first-order valence-electron chi connectivity index (χ1n) is 5.83. The predicted molar refractivity (Wildman–Crippen MR) is 69.2 cm³/mol. The number of hydrogen-bond acceptors (Lipinski definition) is 2. The van der Waals surface area contributed by atoms with Gasteiger partial charge in [-0.3, -0.25) is 4.79 Å². The second-order valence-corrected chi connectivity index (χ2v) is 5.31. The number of ether oxygens (including phenoxy) is 1. The first-order chi connectivity index (χ1) is 7.78. The lowest BCUT2D eigenvalue weighted by molar-refractivity contribution is -0.128. The quantitative estimate of drug-likeness (QED) is 0.874. The van der Waals surface area contributed by atoms with Crippen LogP contribution in [0.15, 0.2) is 24.3 Å². The summed E-state index contributed by atoms with van der Waals surface area (Å²) in [6.07, 6.45) is -0.489. The van der Waals surface area contributed by atoms with E-state index in [2.05, 4.69) is 5.32 Å². The molecule has 1 N–H and O–H groups in total. The maximum atomic E-state index is 11.8. The second-order valence-electron chi connectivity index (χ2n) is 5.31. The van der Waals surface area contributed by atoms with Crippen LogP contribution in [0.2, 0.25) is 0 Å². The highest BCUT2D eigenvalue weighted by atomic mass is 16.5. The van der Waals surface area contributed by atoms with E-state index in [9.17, 15) is 4.79 Å². The van der Waals surface area contributed by atoms with Crippen molar-refractivity contribution >= 4 is 5.91 Å². The first-order valence-corrected chi connectivity index (χ1v) is 5.83. The van der Waals surface area contributed by atoms with E-state index in [0.29, 0.717) is 5.75 Å². The van der Waals surface area contributed by atoms with Gasteiger partial charge in [0.1, 0.15) is 5.75 Å². The van der Waals surface area contributed by atoms with Gasteiger partial charge in [0.15, 0.2) is 6.10 Å². The number of nitrogens with one attached hydrogen (secondary N) is 1. The topological polar surface area (TPSA) is 38.3 Å². The molecule has 0 aliphatic carbocycles. The van der Waals surface area contributed by atoms with Gasteiger partial charge in [-0.2, -0.15) is 0 Å². The molecule has 0 heterocycles. The SMILES string of the molecule is Cc1ccc(OC(C)C(=O)NC(C)(C)C)cc1. The number of carbonyl (C=O) groups is 1. The molecular formula is C14H21NO2. The van der Waals surface area contributed by atoms with Gasteiger partial charge in [-0.25, -0.2) is 0 Å². The molecule has 3 nitrogen and oxygen atoms in total. The fourth-order valence-electron chi connectivity index (χ4n) is 1.35. The largest absolute Gasteiger partial charge is 0.481 e. The van der Waals surface area contributed by atoms with Crippen LogP contribution < -0.4 is 10.1 Å². The molecule has 1 amide bonds. The van der Waals surface area contributed by atoms with E-state index in [0.717, 1.165) is 0 Å². The minimum atomic E-state index is -0.489. The molecule has 0 bridgehead atoms. The molecule has 1 aromatic rings. The molecule has 17 heavy (non-hydrogen) atoms. The lowest BCUT2D eigenvalue weighted by Crippen LogP contribution is -2.46. The van der Waals surface area contributed by atoms with E-state index in [1.165, 1.54) is 5.56 Å². The molecule has 0 saturated carbocycles. The average Bonchev–Trinajstić information content (AvgIpc) is 2.19. The summed E-state index contributed by atoms with van der Waals surface area (Å²) in [5, 5.41) is 2.89. The molecule has 0 radical (unpaired) electrons. The fourth-order valence-corrected chi connectivity index (χ4v) is 1.35. The summed E-state index contributed by atoms with van der Waals surface area (Å²) in [6.45, 7) is 9.61. The third-order valence-corrected chi connectivity index (χ3v) is 2.20. The monoisotopic (exact) mass is 235 g/mol. The van der Waals surface area contributed by atoms with Crippen molar-refractivity contribution in [3.63, 3.8) is 0 Å². The summed E-state index contributed by atoms with van der Waals surface area (Å²) in [5.74, 6) is 0.616. The zero-order chi connectivity index (χ0) is 13.1. The Balaban J connectivity index is 2.57. The van der Waals surface area contributed by atoms with Crippen molar-refractivity contribution in [1.29, 1.82) is 0 Å². The molecule has 94 valence electrons. The molecule has 1 aromatic carbocycles. The van der Waals surface area contributed by atoms with Crippen LogP contribution in [0.5, 0.6) is 5.75 Å². The standard InChI is InChI=1S/C14H21NO2/c1-10-6-8-12(9-7-10)17-11(2)13(16)15-14(3,4)5/h6-9,11H,1-5H3,(H,15,16). The van der Waals surface area contributed by atoms with Crippen LogP contribution in [0.3, 0.4) is 0 Å². The number of hydrogen-bond donors (Lipinski definition) is 1. The minimum Gasteiger partial charge on any atom is -0.481 e. The maximum absolute atomic E-state index is 11.8. The Kier molecular flexibility index (Phi) is 4.16. The van der Waals surface area contributed by atoms with Crippen LogP contribution in [0, 0.1) is 6.92 Å². The van der Waals surface area contributed by atoms with E-state index < -0.39 is 6.10 Å². The van der Waals surface area contributed by atoms with Gasteiger partial charge in [-0.1, -0.05) is 17.7 Å². The van der Waals surface area contributed by atoms with Gasteiger partial charge in [-0.15, -0.1) is 0 Å². The molecule has 0 saturated heterocycles. The number of rotatable bonds is 3. The fraction of sp³-hybridized carbons (Fsp3) is 0.500. The van der Waals surface area contributed by atoms with Crippen molar-refractivity contribution in [3.8, 4) is 5.75 Å². The summed E-state index contributed by atoms with van der Waals surface area (Å²) in [4.78, 5) is 11.8. The molecule has 1 unspecified atom stereocenters. The zero-order valence-corrected chi connectivity index (χ0v) is 11.2. The van der Waals surface area contributed by atoms with Crippen LogP contribution in [0.4, 0.5) is 0 Å². The molecule has 1 rings (SSSR count). The number of aryl methyl sites for hydroxylation is 1. The normalized spacial score (nSPS) is 13.0. The number of benzene rings is 1. The van der Waals surface area contributed by atoms with Gasteiger partial charge in [0, 0.05) is 5.54 Å². The lowest BCUT2D eigenvalue weighted by atomic mass is 10.1.